The maximum atomic E-state index is 12.7. The Bertz CT molecular complexity index is 1000. The molecular formula is C20H15ClINO3S. The largest absolute Gasteiger partial charge is 0.462 e. The minimum Gasteiger partial charge on any atom is -0.462 e. The summed E-state index contributed by atoms with van der Waals surface area (Å²) in [6, 6.07) is 14.5. The van der Waals surface area contributed by atoms with Gasteiger partial charge in [0.1, 0.15) is 10.6 Å². The second kappa shape index (κ2) is 8.86. The van der Waals surface area contributed by atoms with Crippen LogP contribution in [0, 0.1) is 3.57 Å². The third kappa shape index (κ3) is 4.34. The molecule has 0 atom stereocenters. The maximum absolute atomic E-state index is 12.7. The van der Waals surface area contributed by atoms with E-state index in [1.54, 1.807) is 30.5 Å². The molecule has 1 N–H and O–H groups in total. The van der Waals surface area contributed by atoms with E-state index < -0.39 is 5.97 Å². The molecule has 1 heterocycles. The van der Waals surface area contributed by atoms with E-state index in [9.17, 15) is 9.59 Å². The van der Waals surface area contributed by atoms with Crippen LogP contribution >= 0.6 is 45.5 Å². The van der Waals surface area contributed by atoms with Gasteiger partial charge in [-0.25, -0.2) is 4.79 Å². The fraction of sp³-hybridized carbons (Fsp3) is 0.100. The summed E-state index contributed by atoms with van der Waals surface area (Å²) in [6.45, 7) is 1.98. The van der Waals surface area contributed by atoms with Crippen molar-refractivity contribution in [1.29, 1.82) is 0 Å². The zero-order valence-electron chi connectivity index (χ0n) is 14.3. The molecule has 0 saturated heterocycles. The summed E-state index contributed by atoms with van der Waals surface area (Å²) in [5.74, 6) is -0.773. The van der Waals surface area contributed by atoms with Crippen molar-refractivity contribution in [3.05, 3.63) is 73.6 Å². The average molecular weight is 512 g/mol. The van der Waals surface area contributed by atoms with Crippen LogP contribution in [-0.4, -0.2) is 18.5 Å². The molecule has 0 radical (unpaired) electrons. The fourth-order valence-corrected chi connectivity index (χ4v) is 4.36. The Balaban J connectivity index is 2.03. The van der Waals surface area contributed by atoms with Gasteiger partial charge >= 0.3 is 5.97 Å². The summed E-state index contributed by atoms with van der Waals surface area (Å²) in [4.78, 5) is 25.3. The lowest BCUT2D eigenvalue weighted by atomic mass is 10.0. The average Bonchev–Trinajstić information content (AvgIpc) is 3.06. The van der Waals surface area contributed by atoms with Gasteiger partial charge in [-0.05, 0) is 47.7 Å². The third-order valence-electron chi connectivity index (χ3n) is 3.78. The molecular weight excluding hydrogens is 497 g/mol. The van der Waals surface area contributed by atoms with E-state index in [4.69, 9.17) is 16.3 Å². The van der Waals surface area contributed by atoms with E-state index in [-0.39, 0.29) is 12.5 Å². The van der Waals surface area contributed by atoms with Gasteiger partial charge in [0.15, 0.2) is 0 Å². The molecule has 4 nitrogen and oxygen atoms in total. The molecule has 3 rings (SSSR count). The Hall–Kier alpha value is -1.90. The number of rotatable bonds is 5. The predicted molar refractivity (Wildman–Crippen MR) is 118 cm³/mol. The molecule has 0 aliphatic rings. The van der Waals surface area contributed by atoms with Crippen molar-refractivity contribution in [2.45, 2.75) is 6.92 Å². The summed E-state index contributed by atoms with van der Waals surface area (Å²) >= 11 is 9.68. The summed E-state index contributed by atoms with van der Waals surface area (Å²) in [7, 11) is 0. The summed E-state index contributed by atoms with van der Waals surface area (Å²) in [5, 5.41) is 5.61. The molecule has 2 aromatic carbocycles. The highest BCUT2D eigenvalue weighted by Gasteiger charge is 2.24. The number of hydrogen-bond acceptors (Lipinski definition) is 4. The van der Waals surface area contributed by atoms with E-state index in [0.29, 0.717) is 32.3 Å². The van der Waals surface area contributed by atoms with Gasteiger partial charge in [-0.1, -0.05) is 41.9 Å². The lowest BCUT2D eigenvalue weighted by Gasteiger charge is -2.10. The number of anilines is 1. The van der Waals surface area contributed by atoms with Crippen LogP contribution in [0.3, 0.4) is 0 Å². The highest BCUT2D eigenvalue weighted by molar-refractivity contribution is 14.1. The first-order chi connectivity index (χ1) is 13.0. The van der Waals surface area contributed by atoms with Crippen LogP contribution in [0.15, 0.2) is 53.9 Å². The molecule has 3 aromatic rings. The highest BCUT2D eigenvalue weighted by Crippen LogP contribution is 2.39. The number of ether oxygens (including phenoxy) is 1. The molecule has 0 spiro atoms. The molecule has 0 fully saturated rings. The van der Waals surface area contributed by atoms with Gasteiger partial charge in [-0.15, -0.1) is 11.3 Å². The van der Waals surface area contributed by atoms with Crippen LogP contribution in [0.25, 0.3) is 11.1 Å². The zero-order valence-corrected chi connectivity index (χ0v) is 18.0. The van der Waals surface area contributed by atoms with Crippen molar-refractivity contribution >= 4 is 62.4 Å². The smallest absolute Gasteiger partial charge is 0.341 e. The van der Waals surface area contributed by atoms with E-state index in [0.717, 1.165) is 3.57 Å². The van der Waals surface area contributed by atoms with Gasteiger partial charge in [-0.3, -0.25) is 4.79 Å². The standard InChI is InChI=1S/C20H15ClINO3S/c1-2-26-20(25)17-14(12-7-3-5-9-15(12)21)11-27-19(17)23-18(24)13-8-4-6-10-16(13)22/h3-11H,2H2,1H3,(H,23,24). The van der Waals surface area contributed by atoms with Gasteiger partial charge in [0.25, 0.3) is 5.91 Å². The molecule has 138 valence electrons. The normalized spacial score (nSPS) is 10.5. The molecule has 0 bridgehead atoms. The minimum absolute atomic E-state index is 0.237. The summed E-state index contributed by atoms with van der Waals surface area (Å²) in [5.41, 5.74) is 2.21. The van der Waals surface area contributed by atoms with Crippen molar-refractivity contribution in [2.24, 2.45) is 0 Å². The van der Waals surface area contributed by atoms with Gasteiger partial charge in [0, 0.05) is 25.1 Å². The Kier molecular flexibility index (Phi) is 6.51. The lowest BCUT2D eigenvalue weighted by Crippen LogP contribution is -2.15. The molecule has 1 aromatic heterocycles. The Morgan fingerprint density at radius 2 is 1.81 bits per heavy atom. The maximum Gasteiger partial charge on any atom is 0.341 e. The molecule has 0 aliphatic carbocycles. The number of carbonyl (C=O) groups excluding carboxylic acids is 2. The summed E-state index contributed by atoms with van der Waals surface area (Å²) in [6.07, 6.45) is 0. The van der Waals surface area contributed by atoms with Crippen molar-refractivity contribution in [3.8, 4) is 11.1 Å². The molecule has 0 unspecified atom stereocenters. The number of thiophene rings is 1. The first-order valence-corrected chi connectivity index (χ1v) is 10.5. The molecule has 27 heavy (non-hydrogen) atoms. The van der Waals surface area contributed by atoms with Crippen LogP contribution in [0.4, 0.5) is 5.00 Å². The quantitative estimate of drug-likeness (QED) is 0.333. The van der Waals surface area contributed by atoms with Crippen molar-refractivity contribution in [1.82, 2.24) is 0 Å². The fourth-order valence-electron chi connectivity index (χ4n) is 2.55. The van der Waals surface area contributed by atoms with E-state index >= 15 is 0 Å². The van der Waals surface area contributed by atoms with Gasteiger partial charge in [0.2, 0.25) is 0 Å². The topological polar surface area (TPSA) is 55.4 Å². The van der Waals surface area contributed by atoms with Crippen LogP contribution in [0.5, 0.6) is 0 Å². The molecule has 0 saturated carbocycles. The van der Waals surface area contributed by atoms with E-state index in [1.807, 2.05) is 30.3 Å². The van der Waals surface area contributed by atoms with E-state index in [2.05, 4.69) is 27.9 Å². The lowest BCUT2D eigenvalue weighted by molar-refractivity contribution is 0.0529. The van der Waals surface area contributed by atoms with Crippen molar-refractivity contribution in [2.75, 3.05) is 11.9 Å². The number of benzene rings is 2. The highest BCUT2D eigenvalue weighted by atomic mass is 127. The number of carbonyl (C=O) groups is 2. The number of esters is 1. The third-order valence-corrected chi connectivity index (χ3v) is 5.95. The number of amides is 1. The van der Waals surface area contributed by atoms with Crippen molar-refractivity contribution < 1.29 is 14.3 Å². The van der Waals surface area contributed by atoms with Crippen LogP contribution in [0.1, 0.15) is 27.6 Å². The number of halogens is 2. The first-order valence-electron chi connectivity index (χ1n) is 8.12. The monoisotopic (exact) mass is 511 g/mol. The minimum atomic E-state index is -0.494. The van der Waals surface area contributed by atoms with E-state index in [1.165, 1.54) is 11.3 Å². The van der Waals surface area contributed by atoms with Crippen LogP contribution in [-0.2, 0) is 4.74 Å². The SMILES string of the molecule is CCOC(=O)c1c(-c2ccccc2Cl)csc1NC(=O)c1ccccc1I. The second-order valence-corrected chi connectivity index (χ2v) is 7.94. The summed E-state index contributed by atoms with van der Waals surface area (Å²) < 4.78 is 6.04. The number of hydrogen-bond donors (Lipinski definition) is 1. The van der Waals surface area contributed by atoms with Gasteiger partial charge in [-0.2, -0.15) is 0 Å². The Labute approximate surface area is 179 Å². The molecule has 1 amide bonds. The van der Waals surface area contributed by atoms with Gasteiger partial charge in [0.05, 0.1) is 12.2 Å². The van der Waals surface area contributed by atoms with Crippen LogP contribution in [0.2, 0.25) is 5.02 Å². The van der Waals surface area contributed by atoms with Crippen LogP contribution < -0.4 is 5.32 Å². The first kappa shape index (κ1) is 19.9. The Morgan fingerprint density at radius 1 is 1.11 bits per heavy atom. The molecule has 0 aliphatic heterocycles. The number of nitrogens with one attached hydrogen (secondary N) is 1. The molecule has 7 heteroatoms. The predicted octanol–water partition coefficient (Wildman–Crippen LogP) is 6.10. The Morgan fingerprint density at radius 3 is 2.52 bits per heavy atom. The zero-order chi connectivity index (χ0) is 19.4. The second-order valence-electron chi connectivity index (χ2n) is 5.49. The van der Waals surface area contributed by atoms with Gasteiger partial charge < -0.3 is 10.1 Å². The van der Waals surface area contributed by atoms with Crippen molar-refractivity contribution in [3.63, 3.8) is 0 Å².